The van der Waals surface area contributed by atoms with Gasteiger partial charge in [0.15, 0.2) is 0 Å². The molecule has 0 saturated heterocycles. The molecule has 2 aromatic carbocycles. The van der Waals surface area contributed by atoms with Gasteiger partial charge < -0.3 is 0 Å². The molecule has 0 saturated carbocycles. The van der Waals surface area contributed by atoms with Crippen molar-refractivity contribution in [2.45, 2.75) is 6.92 Å². The van der Waals surface area contributed by atoms with Crippen LogP contribution in [0.1, 0.15) is 5.56 Å². The van der Waals surface area contributed by atoms with E-state index in [2.05, 4.69) is 4.98 Å². The fraction of sp³-hybridized carbons (Fsp3) is 0.0500. The molecule has 0 bridgehead atoms. The molecule has 116 valence electrons. The molecule has 4 heteroatoms. The van der Waals surface area contributed by atoms with Gasteiger partial charge in [-0.15, -0.1) is 0 Å². The SMILES string of the molecule is Cc1ccc(-c2nn(-c3ccccc3)cc3ccc(=O)nc2-3)cc1. The summed E-state index contributed by atoms with van der Waals surface area (Å²) in [5.74, 6) is 0. The second-order valence-electron chi connectivity index (χ2n) is 5.71. The van der Waals surface area contributed by atoms with E-state index >= 15 is 0 Å². The van der Waals surface area contributed by atoms with E-state index in [1.807, 2.05) is 72.4 Å². The highest BCUT2D eigenvalue weighted by molar-refractivity contribution is 5.78. The lowest BCUT2D eigenvalue weighted by Gasteiger charge is -2.14. The Hall–Kier alpha value is -3.27. The standard InChI is InChI=1S/C20H15N3O/c1-14-7-9-15(10-8-14)20-19-16(11-12-18(24)21-19)13-23(22-20)17-5-3-2-4-6-17/h2-13H,1H3. The van der Waals surface area contributed by atoms with Gasteiger partial charge in [-0.25, -0.2) is 9.67 Å². The van der Waals surface area contributed by atoms with E-state index < -0.39 is 0 Å². The molecule has 0 fully saturated rings. The van der Waals surface area contributed by atoms with Crippen molar-refractivity contribution in [2.24, 2.45) is 0 Å². The molecular weight excluding hydrogens is 298 g/mol. The first-order chi connectivity index (χ1) is 11.7. The van der Waals surface area contributed by atoms with Crippen LogP contribution in [0.25, 0.3) is 28.2 Å². The number of rotatable bonds is 2. The number of benzene rings is 2. The Balaban J connectivity index is 2.01. The maximum Gasteiger partial charge on any atom is 0.270 e. The van der Waals surface area contributed by atoms with E-state index in [1.54, 1.807) is 6.07 Å². The summed E-state index contributed by atoms with van der Waals surface area (Å²) in [5, 5.41) is 4.73. The van der Waals surface area contributed by atoms with Crippen LogP contribution in [0.15, 0.2) is 77.7 Å². The normalized spacial score (nSPS) is 10.9. The molecule has 4 rings (SSSR count). The molecule has 0 radical (unpaired) electrons. The first-order valence-corrected chi connectivity index (χ1v) is 7.74. The molecule has 0 aliphatic carbocycles. The van der Waals surface area contributed by atoms with E-state index in [-0.39, 0.29) is 5.56 Å². The molecule has 24 heavy (non-hydrogen) atoms. The number of aromatic nitrogens is 3. The molecule has 0 atom stereocenters. The first kappa shape index (κ1) is 14.3. The third kappa shape index (κ3) is 2.58. The summed E-state index contributed by atoms with van der Waals surface area (Å²) in [7, 11) is 0. The Bertz CT molecular complexity index is 1020. The van der Waals surface area contributed by atoms with Crippen molar-refractivity contribution in [3.05, 3.63) is 88.8 Å². The Kier molecular flexibility index (Phi) is 3.43. The zero-order valence-electron chi connectivity index (χ0n) is 13.2. The molecule has 2 aliphatic rings. The van der Waals surface area contributed by atoms with Gasteiger partial charge in [0.05, 0.1) is 5.69 Å². The van der Waals surface area contributed by atoms with Crippen LogP contribution in [0.3, 0.4) is 0 Å². The number of aryl methyl sites for hydroxylation is 1. The molecule has 2 aromatic rings. The first-order valence-electron chi connectivity index (χ1n) is 7.74. The van der Waals surface area contributed by atoms with E-state index in [4.69, 9.17) is 5.10 Å². The van der Waals surface area contributed by atoms with Crippen molar-refractivity contribution in [3.8, 4) is 28.2 Å². The summed E-state index contributed by atoms with van der Waals surface area (Å²) in [6.07, 6.45) is 1.90. The Morgan fingerprint density at radius 3 is 2.25 bits per heavy atom. The molecule has 0 amide bonds. The highest BCUT2D eigenvalue weighted by Crippen LogP contribution is 2.29. The lowest BCUT2D eigenvalue weighted by atomic mass is 10.0. The number of pyridine rings is 1. The number of fused-ring (bicyclic) bond motifs is 1. The molecule has 0 aromatic heterocycles. The summed E-state index contributed by atoms with van der Waals surface area (Å²) in [6.45, 7) is 2.04. The summed E-state index contributed by atoms with van der Waals surface area (Å²) >= 11 is 0. The van der Waals surface area contributed by atoms with E-state index in [9.17, 15) is 4.79 Å². The minimum atomic E-state index is -0.255. The Labute approximate surface area is 139 Å². The largest absolute Gasteiger partial charge is 0.270 e. The third-order valence-corrected chi connectivity index (χ3v) is 3.94. The van der Waals surface area contributed by atoms with E-state index in [0.717, 1.165) is 16.8 Å². The van der Waals surface area contributed by atoms with Crippen LogP contribution >= 0.6 is 0 Å². The van der Waals surface area contributed by atoms with Gasteiger partial charge in [-0.3, -0.25) is 4.79 Å². The molecule has 0 N–H and O–H groups in total. The van der Waals surface area contributed by atoms with Gasteiger partial charge >= 0.3 is 0 Å². The molecule has 0 spiro atoms. The summed E-state index contributed by atoms with van der Waals surface area (Å²) in [5.41, 5.74) is 5.02. The molecule has 2 heterocycles. The number of hydrogen-bond acceptors (Lipinski definition) is 3. The summed E-state index contributed by atoms with van der Waals surface area (Å²) in [6, 6.07) is 21.2. The van der Waals surface area contributed by atoms with Gasteiger partial charge in [0.1, 0.15) is 11.4 Å². The lowest BCUT2D eigenvalue weighted by Crippen LogP contribution is -2.11. The predicted molar refractivity (Wildman–Crippen MR) is 94.4 cm³/mol. The molecular formula is C20H15N3O. The summed E-state index contributed by atoms with van der Waals surface area (Å²) in [4.78, 5) is 15.9. The topological polar surface area (TPSA) is 47.8 Å². The van der Waals surface area contributed by atoms with Crippen molar-refractivity contribution in [3.63, 3.8) is 0 Å². The Morgan fingerprint density at radius 1 is 0.792 bits per heavy atom. The average molecular weight is 313 g/mol. The second-order valence-corrected chi connectivity index (χ2v) is 5.71. The number of nitrogens with zero attached hydrogens (tertiary/aromatic N) is 3. The van der Waals surface area contributed by atoms with Gasteiger partial charge in [-0.2, -0.15) is 5.10 Å². The zero-order valence-corrected chi connectivity index (χ0v) is 13.2. The quantitative estimate of drug-likeness (QED) is 0.567. The average Bonchev–Trinajstić information content (AvgIpc) is 2.62. The molecule has 2 aliphatic heterocycles. The predicted octanol–water partition coefficient (Wildman–Crippen LogP) is 3.71. The minimum absolute atomic E-state index is 0.255. The van der Waals surface area contributed by atoms with Crippen LogP contribution in [-0.4, -0.2) is 14.8 Å². The van der Waals surface area contributed by atoms with Crippen molar-refractivity contribution in [2.75, 3.05) is 0 Å². The molecule has 4 nitrogen and oxygen atoms in total. The van der Waals surface area contributed by atoms with Crippen LogP contribution in [0.4, 0.5) is 0 Å². The van der Waals surface area contributed by atoms with E-state index in [0.29, 0.717) is 11.4 Å². The fourth-order valence-electron chi connectivity index (χ4n) is 2.68. The van der Waals surface area contributed by atoms with Gasteiger partial charge in [0, 0.05) is 23.4 Å². The number of hydrogen-bond donors (Lipinski definition) is 0. The van der Waals surface area contributed by atoms with Gasteiger partial charge in [0.25, 0.3) is 5.56 Å². The van der Waals surface area contributed by atoms with Gasteiger partial charge in [-0.1, -0.05) is 48.0 Å². The van der Waals surface area contributed by atoms with Crippen LogP contribution in [-0.2, 0) is 0 Å². The van der Waals surface area contributed by atoms with Crippen LogP contribution in [0.5, 0.6) is 0 Å². The van der Waals surface area contributed by atoms with Gasteiger partial charge in [-0.05, 0) is 25.1 Å². The Morgan fingerprint density at radius 2 is 1.50 bits per heavy atom. The van der Waals surface area contributed by atoms with Crippen LogP contribution in [0, 0.1) is 6.92 Å². The van der Waals surface area contributed by atoms with Crippen LogP contribution < -0.4 is 5.56 Å². The van der Waals surface area contributed by atoms with Crippen molar-refractivity contribution >= 4 is 0 Å². The number of para-hydroxylation sites is 1. The van der Waals surface area contributed by atoms with Gasteiger partial charge in [0.2, 0.25) is 0 Å². The van der Waals surface area contributed by atoms with Crippen molar-refractivity contribution in [1.82, 2.24) is 14.8 Å². The fourth-order valence-corrected chi connectivity index (χ4v) is 2.68. The third-order valence-electron chi connectivity index (χ3n) is 3.94. The smallest absolute Gasteiger partial charge is 0.267 e. The maximum absolute atomic E-state index is 11.7. The highest BCUT2D eigenvalue weighted by atomic mass is 16.1. The van der Waals surface area contributed by atoms with E-state index in [1.165, 1.54) is 11.6 Å². The lowest BCUT2D eigenvalue weighted by molar-refractivity contribution is 0.844. The summed E-state index contributed by atoms with van der Waals surface area (Å²) < 4.78 is 1.82. The monoisotopic (exact) mass is 313 g/mol. The van der Waals surface area contributed by atoms with Crippen LogP contribution in [0.2, 0.25) is 0 Å². The molecule has 0 unspecified atom stereocenters. The second kappa shape index (κ2) is 5.74. The maximum atomic E-state index is 11.7. The highest BCUT2D eigenvalue weighted by Gasteiger charge is 2.15. The van der Waals surface area contributed by atoms with Crippen molar-refractivity contribution < 1.29 is 0 Å². The zero-order chi connectivity index (χ0) is 16.5. The minimum Gasteiger partial charge on any atom is -0.267 e. The van der Waals surface area contributed by atoms with Crippen molar-refractivity contribution in [1.29, 1.82) is 0 Å².